The molecular formula is C24H18N2O6. The molecule has 8 nitrogen and oxygen atoms in total. The van der Waals surface area contributed by atoms with E-state index in [1.54, 1.807) is 55.5 Å². The van der Waals surface area contributed by atoms with Crippen molar-refractivity contribution in [1.82, 2.24) is 5.32 Å². The first kappa shape index (κ1) is 20.8. The second-order valence-corrected chi connectivity index (χ2v) is 6.93. The quantitative estimate of drug-likeness (QED) is 0.348. The lowest BCUT2D eigenvalue weighted by atomic mass is 10.1. The molecule has 3 aromatic rings. The second kappa shape index (κ2) is 8.73. The Morgan fingerprint density at radius 1 is 0.844 bits per heavy atom. The van der Waals surface area contributed by atoms with E-state index in [9.17, 15) is 19.2 Å². The van der Waals surface area contributed by atoms with E-state index in [0.29, 0.717) is 34.1 Å². The molecule has 0 radical (unpaired) electrons. The fraction of sp³-hybridized carbons (Fsp3) is 0.0833. The lowest BCUT2D eigenvalue weighted by Crippen LogP contribution is -2.19. The van der Waals surface area contributed by atoms with Crippen LogP contribution in [0.2, 0.25) is 0 Å². The van der Waals surface area contributed by atoms with Gasteiger partial charge in [0, 0.05) is 17.7 Å². The highest BCUT2D eigenvalue weighted by Crippen LogP contribution is 2.27. The maximum atomic E-state index is 12.5. The molecule has 32 heavy (non-hydrogen) atoms. The summed E-state index contributed by atoms with van der Waals surface area (Å²) in [6.45, 7) is 1.69. The van der Waals surface area contributed by atoms with Gasteiger partial charge in [-0.05, 0) is 60.7 Å². The Balaban J connectivity index is 1.41. The van der Waals surface area contributed by atoms with Crippen molar-refractivity contribution in [3.63, 3.8) is 0 Å². The van der Waals surface area contributed by atoms with Crippen molar-refractivity contribution in [3.05, 3.63) is 83.4 Å². The summed E-state index contributed by atoms with van der Waals surface area (Å²) < 4.78 is 10.9. The summed E-state index contributed by atoms with van der Waals surface area (Å²) in [5.74, 6) is -0.424. The summed E-state index contributed by atoms with van der Waals surface area (Å²) in [6, 6.07) is 17.6. The van der Waals surface area contributed by atoms with E-state index in [-0.39, 0.29) is 23.9 Å². The first-order valence-corrected chi connectivity index (χ1v) is 9.82. The standard InChI is InChI=1S/C24H18N2O6/c1-2-21(27)32-17-5-3-4-14(12-17)22(28)25-15-6-8-16(9-7-15)31-18-10-11-19-20(13-18)24(30)26-23(19)29/h3-13H,2H2,1H3,(H,25,28)(H,26,29,30). The molecule has 0 aromatic heterocycles. The number of carbonyl (C=O) groups is 4. The normalized spacial score (nSPS) is 12.0. The van der Waals surface area contributed by atoms with Crippen LogP contribution in [-0.4, -0.2) is 23.7 Å². The maximum Gasteiger partial charge on any atom is 0.310 e. The predicted octanol–water partition coefficient (Wildman–Crippen LogP) is 3.93. The Kier molecular flexibility index (Phi) is 5.67. The number of imide groups is 1. The summed E-state index contributed by atoms with van der Waals surface area (Å²) >= 11 is 0. The third-order valence-corrected chi connectivity index (χ3v) is 4.67. The molecule has 0 atom stereocenters. The molecule has 0 fully saturated rings. The van der Waals surface area contributed by atoms with Crippen molar-refractivity contribution < 1.29 is 28.7 Å². The number of ether oxygens (including phenoxy) is 2. The summed E-state index contributed by atoms with van der Waals surface area (Å²) in [7, 11) is 0. The minimum atomic E-state index is -0.456. The molecule has 1 aliphatic rings. The first-order valence-electron chi connectivity index (χ1n) is 9.82. The molecule has 1 heterocycles. The van der Waals surface area contributed by atoms with Gasteiger partial charge in [0.25, 0.3) is 17.7 Å². The highest BCUT2D eigenvalue weighted by atomic mass is 16.5. The van der Waals surface area contributed by atoms with Crippen LogP contribution >= 0.6 is 0 Å². The topological polar surface area (TPSA) is 111 Å². The summed E-state index contributed by atoms with van der Waals surface area (Å²) in [4.78, 5) is 47.4. The van der Waals surface area contributed by atoms with E-state index in [1.807, 2.05) is 0 Å². The van der Waals surface area contributed by atoms with Crippen LogP contribution < -0.4 is 20.1 Å². The summed E-state index contributed by atoms with van der Waals surface area (Å²) in [5.41, 5.74) is 1.46. The van der Waals surface area contributed by atoms with Gasteiger partial charge in [-0.1, -0.05) is 13.0 Å². The average molecular weight is 430 g/mol. The highest BCUT2D eigenvalue weighted by Gasteiger charge is 2.26. The van der Waals surface area contributed by atoms with Crippen LogP contribution in [-0.2, 0) is 4.79 Å². The molecule has 0 bridgehead atoms. The molecule has 160 valence electrons. The van der Waals surface area contributed by atoms with E-state index >= 15 is 0 Å². The van der Waals surface area contributed by atoms with Gasteiger partial charge in [0.15, 0.2) is 0 Å². The predicted molar refractivity (Wildman–Crippen MR) is 115 cm³/mol. The Morgan fingerprint density at radius 2 is 1.56 bits per heavy atom. The Labute approximate surface area is 183 Å². The van der Waals surface area contributed by atoms with E-state index < -0.39 is 11.8 Å². The van der Waals surface area contributed by atoms with Crippen LogP contribution in [0, 0.1) is 0 Å². The fourth-order valence-electron chi connectivity index (χ4n) is 3.06. The molecule has 3 aromatic carbocycles. The van der Waals surface area contributed by atoms with Crippen molar-refractivity contribution in [1.29, 1.82) is 0 Å². The first-order chi connectivity index (χ1) is 15.4. The van der Waals surface area contributed by atoms with E-state index in [0.717, 1.165) is 0 Å². The number of esters is 1. The van der Waals surface area contributed by atoms with Gasteiger partial charge in [-0.25, -0.2) is 0 Å². The number of fused-ring (bicyclic) bond motifs is 1. The molecule has 2 N–H and O–H groups in total. The van der Waals surface area contributed by atoms with Gasteiger partial charge >= 0.3 is 5.97 Å². The van der Waals surface area contributed by atoms with Crippen LogP contribution in [0.15, 0.2) is 66.7 Å². The van der Waals surface area contributed by atoms with Crippen LogP contribution in [0.4, 0.5) is 5.69 Å². The van der Waals surface area contributed by atoms with Gasteiger partial charge in [0.1, 0.15) is 17.2 Å². The molecule has 0 unspecified atom stereocenters. The number of rotatable bonds is 6. The number of hydrogen-bond acceptors (Lipinski definition) is 6. The van der Waals surface area contributed by atoms with Gasteiger partial charge in [0.05, 0.1) is 11.1 Å². The molecule has 1 aliphatic heterocycles. The zero-order chi connectivity index (χ0) is 22.7. The lowest BCUT2D eigenvalue weighted by Gasteiger charge is -2.09. The minimum absolute atomic E-state index is 0.238. The molecule has 4 rings (SSSR count). The molecular weight excluding hydrogens is 412 g/mol. The number of benzene rings is 3. The zero-order valence-electron chi connectivity index (χ0n) is 17.0. The van der Waals surface area contributed by atoms with Gasteiger partial charge in [-0.15, -0.1) is 0 Å². The average Bonchev–Trinajstić information content (AvgIpc) is 3.08. The smallest absolute Gasteiger partial charge is 0.310 e. The molecule has 0 spiro atoms. The Morgan fingerprint density at radius 3 is 2.31 bits per heavy atom. The van der Waals surface area contributed by atoms with Crippen LogP contribution in [0.5, 0.6) is 17.2 Å². The van der Waals surface area contributed by atoms with Crippen LogP contribution in [0.1, 0.15) is 44.4 Å². The van der Waals surface area contributed by atoms with E-state index in [2.05, 4.69) is 10.6 Å². The number of hydrogen-bond donors (Lipinski definition) is 2. The Hall–Kier alpha value is -4.46. The van der Waals surface area contributed by atoms with Crippen molar-refractivity contribution in [2.45, 2.75) is 13.3 Å². The van der Waals surface area contributed by atoms with E-state index in [4.69, 9.17) is 9.47 Å². The molecule has 8 heteroatoms. The summed E-state index contributed by atoms with van der Waals surface area (Å²) in [6.07, 6.45) is 0.238. The zero-order valence-corrected chi connectivity index (χ0v) is 17.0. The van der Waals surface area contributed by atoms with Crippen LogP contribution in [0.3, 0.4) is 0 Å². The minimum Gasteiger partial charge on any atom is -0.457 e. The van der Waals surface area contributed by atoms with Gasteiger partial charge < -0.3 is 14.8 Å². The van der Waals surface area contributed by atoms with Gasteiger partial charge in [-0.3, -0.25) is 24.5 Å². The van der Waals surface area contributed by atoms with Crippen molar-refractivity contribution in [2.24, 2.45) is 0 Å². The van der Waals surface area contributed by atoms with Crippen molar-refractivity contribution >= 4 is 29.4 Å². The Bertz CT molecular complexity index is 1230. The third kappa shape index (κ3) is 4.49. The largest absolute Gasteiger partial charge is 0.457 e. The summed E-state index contributed by atoms with van der Waals surface area (Å²) in [5, 5.41) is 4.99. The molecule has 0 aliphatic carbocycles. The lowest BCUT2D eigenvalue weighted by molar-refractivity contribution is -0.134. The number of carbonyl (C=O) groups excluding carboxylic acids is 4. The van der Waals surface area contributed by atoms with Crippen molar-refractivity contribution in [3.8, 4) is 17.2 Å². The molecule has 0 saturated carbocycles. The number of anilines is 1. The maximum absolute atomic E-state index is 12.5. The third-order valence-electron chi connectivity index (χ3n) is 4.67. The molecule has 3 amide bonds. The highest BCUT2D eigenvalue weighted by molar-refractivity contribution is 6.21. The SMILES string of the molecule is CCC(=O)Oc1cccc(C(=O)Nc2ccc(Oc3ccc4c(c3)C(=O)NC4=O)cc2)c1. The fourth-order valence-corrected chi connectivity index (χ4v) is 3.06. The van der Waals surface area contributed by atoms with E-state index in [1.165, 1.54) is 18.2 Å². The van der Waals surface area contributed by atoms with Gasteiger partial charge in [0.2, 0.25) is 0 Å². The number of nitrogens with one attached hydrogen (secondary N) is 2. The van der Waals surface area contributed by atoms with Crippen molar-refractivity contribution in [2.75, 3.05) is 5.32 Å². The van der Waals surface area contributed by atoms with Gasteiger partial charge in [-0.2, -0.15) is 0 Å². The van der Waals surface area contributed by atoms with Crippen LogP contribution in [0.25, 0.3) is 0 Å². The second-order valence-electron chi connectivity index (χ2n) is 6.93. The molecule has 0 saturated heterocycles. The monoisotopic (exact) mass is 430 g/mol. The number of amides is 3.